The third kappa shape index (κ3) is 2.83. The quantitative estimate of drug-likeness (QED) is 0.923. The number of ether oxygens (including phenoxy) is 1. The first kappa shape index (κ1) is 12.9. The molecule has 18 heavy (non-hydrogen) atoms. The van der Waals surface area contributed by atoms with Crippen molar-refractivity contribution in [2.45, 2.75) is 12.5 Å². The van der Waals surface area contributed by atoms with Crippen molar-refractivity contribution in [3.05, 3.63) is 46.7 Å². The lowest BCUT2D eigenvalue weighted by Gasteiger charge is -2.12. The molecule has 1 unspecified atom stereocenters. The Morgan fingerprint density at radius 2 is 2.22 bits per heavy atom. The predicted octanol–water partition coefficient (Wildman–Crippen LogP) is 2.32. The van der Waals surface area contributed by atoms with Gasteiger partial charge in [-0.1, -0.05) is 11.6 Å². The highest BCUT2D eigenvalue weighted by atomic mass is 35.5. The van der Waals surface area contributed by atoms with E-state index in [0.717, 1.165) is 17.0 Å². The van der Waals surface area contributed by atoms with Crippen molar-refractivity contribution >= 4 is 11.6 Å². The van der Waals surface area contributed by atoms with Gasteiger partial charge in [0, 0.05) is 18.3 Å². The maximum Gasteiger partial charge on any atom is 0.122 e. The molecule has 0 fully saturated rings. The fourth-order valence-corrected chi connectivity index (χ4v) is 2.07. The van der Waals surface area contributed by atoms with E-state index in [9.17, 15) is 0 Å². The zero-order chi connectivity index (χ0) is 13.1. The molecule has 1 aromatic heterocycles. The van der Waals surface area contributed by atoms with E-state index in [1.807, 2.05) is 31.4 Å². The van der Waals surface area contributed by atoms with Gasteiger partial charge in [-0.3, -0.25) is 4.68 Å². The van der Waals surface area contributed by atoms with Crippen molar-refractivity contribution in [2.75, 3.05) is 7.11 Å². The van der Waals surface area contributed by atoms with Gasteiger partial charge in [0.25, 0.3) is 0 Å². The summed E-state index contributed by atoms with van der Waals surface area (Å²) in [7, 11) is 3.51. The molecule has 1 heterocycles. The number of hydrogen-bond acceptors (Lipinski definition) is 3. The summed E-state index contributed by atoms with van der Waals surface area (Å²) >= 11 is 5.99. The summed E-state index contributed by atoms with van der Waals surface area (Å²) in [6, 6.07) is 7.28. The number of aromatic nitrogens is 2. The number of nitrogens with two attached hydrogens (primary N) is 1. The number of hydrogen-bond donors (Lipinski definition) is 1. The van der Waals surface area contributed by atoms with Crippen LogP contribution in [0.1, 0.15) is 17.3 Å². The van der Waals surface area contributed by atoms with E-state index in [0.29, 0.717) is 11.4 Å². The van der Waals surface area contributed by atoms with Gasteiger partial charge in [0.1, 0.15) is 5.75 Å². The number of halogens is 1. The lowest BCUT2D eigenvalue weighted by molar-refractivity contribution is 0.408. The van der Waals surface area contributed by atoms with Crippen molar-refractivity contribution in [1.29, 1.82) is 0 Å². The molecule has 2 N–H and O–H groups in total. The summed E-state index contributed by atoms with van der Waals surface area (Å²) < 4.78 is 7.04. The lowest BCUT2D eigenvalue weighted by Crippen LogP contribution is -2.15. The number of aryl methyl sites for hydroxylation is 1. The van der Waals surface area contributed by atoms with Crippen molar-refractivity contribution < 1.29 is 4.74 Å². The van der Waals surface area contributed by atoms with E-state index in [1.54, 1.807) is 17.9 Å². The molecule has 2 rings (SSSR count). The third-order valence-electron chi connectivity index (χ3n) is 2.80. The molecule has 4 nitrogen and oxygen atoms in total. The van der Waals surface area contributed by atoms with E-state index in [-0.39, 0.29) is 6.04 Å². The second-order valence-corrected chi connectivity index (χ2v) is 4.62. The van der Waals surface area contributed by atoms with Gasteiger partial charge >= 0.3 is 0 Å². The maximum absolute atomic E-state index is 6.14. The van der Waals surface area contributed by atoms with E-state index in [2.05, 4.69) is 5.10 Å². The molecule has 0 saturated heterocycles. The van der Waals surface area contributed by atoms with E-state index in [1.165, 1.54) is 0 Å². The zero-order valence-electron chi connectivity index (χ0n) is 10.4. The molecule has 2 aromatic rings. The lowest BCUT2D eigenvalue weighted by atomic mass is 10.0. The van der Waals surface area contributed by atoms with E-state index >= 15 is 0 Å². The van der Waals surface area contributed by atoms with Gasteiger partial charge in [0.2, 0.25) is 0 Å². The Balaban J connectivity index is 2.20. The number of methoxy groups -OCH3 is 1. The summed E-state index contributed by atoms with van der Waals surface area (Å²) in [5.74, 6) is 0.797. The van der Waals surface area contributed by atoms with Gasteiger partial charge < -0.3 is 10.5 Å². The van der Waals surface area contributed by atoms with Crippen LogP contribution in [0.5, 0.6) is 5.75 Å². The molecule has 0 spiro atoms. The summed E-state index contributed by atoms with van der Waals surface area (Å²) in [5.41, 5.74) is 7.99. The Kier molecular flexibility index (Phi) is 3.89. The third-order valence-corrected chi connectivity index (χ3v) is 3.03. The molecule has 0 radical (unpaired) electrons. The van der Waals surface area contributed by atoms with Gasteiger partial charge in [-0.05, 0) is 36.2 Å². The fraction of sp³-hybridized carbons (Fsp3) is 0.308. The maximum atomic E-state index is 6.14. The average Bonchev–Trinajstić information content (AvgIpc) is 2.76. The summed E-state index contributed by atoms with van der Waals surface area (Å²) in [4.78, 5) is 0. The molecule has 96 valence electrons. The molecule has 0 aliphatic rings. The first-order valence-electron chi connectivity index (χ1n) is 5.67. The van der Waals surface area contributed by atoms with Crippen LogP contribution in [0.25, 0.3) is 0 Å². The Morgan fingerprint density at radius 1 is 1.44 bits per heavy atom. The van der Waals surface area contributed by atoms with Crippen molar-refractivity contribution in [1.82, 2.24) is 9.78 Å². The number of nitrogens with zero attached hydrogens (tertiary/aromatic N) is 2. The van der Waals surface area contributed by atoms with Crippen LogP contribution in [-0.4, -0.2) is 16.9 Å². The van der Waals surface area contributed by atoms with Gasteiger partial charge in [0.15, 0.2) is 0 Å². The highest BCUT2D eigenvalue weighted by Gasteiger charge is 2.13. The zero-order valence-corrected chi connectivity index (χ0v) is 11.2. The van der Waals surface area contributed by atoms with Crippen LogP contribution in [0.4, 0.5) is 0 Å². The molecule has 1 atom stereocenters. The fourth-order valence-electron chi connectivity index (χ4n) is 1.88. The topological polar surface area (TPSA) is 53.1 Å². The van der Waals surface area contributed by atoms with Crippen LogP contribution in [0.2, 0.25) is 5.02 Å². The number of rotatable bonds is 4. The first-order valence-corrected chi connectivity index (χ1v) is 6.05. The van der Waals surface area contributed by atoms with Crippen LogP contribution >= 0.6 is 11.6 Å². The highest BCUT2D eigenvalue weighted by Crippen LogP contribution is 2.26. The first-order chi connectivity index (χ1) is 8.60. The predicted molar refractivity (Wildman–Crippen MR) is 71.8 cm³/mol. The Bertz CT molecular complexity index is 539. The molecular weight excluding hydrogens is 250 g/mol. The van der Waals surface area contributed by atoms with Gasteiger partial charge in [-0.2, -0.15) is 5.10 Å². The smallest absolute Gasteiger partial charge is 0.122 e. The summed E-state index contributed by atoms with van der Waals surface area (Å²) in [5, 5.41) is 4.98. The van der Waals surface area contributed by atoms with E-state index < -0.39 is 0 Å². The minimum absolute atomic E-state index is 0.168. The summed E-state index contributed by atoms with van der Waals surface area (Å²) in [6.07, 6.45) is 2.52. The molecule has 0 amide bonds. The normalized spacial score (nSPS) is 12.4. The van der Waals surface area contributed by atoms with Crippen LogP contribution in [-0.2, 0) is 13.5 Å². The van der Waals surface area contributed by atoms with Gasteiger partial charge in [-0.25, -0.2) is 0 Å². The Labute approximate surface area is 111 Å². The van der Waals surface area contributed by atoms with Gasteiger partial charge in [-0.15, -0.1) is 0 Å². The Morgan fingerprint density at radius 3 is 2.83 bits per heavy atom. The van der Waals surface area contributed by atoms with E-state index in [4.69, 9.17) is 22.1 Å². The largest absolute Gasteiger partial charge is 0.496 e. The molecule has 0 aliphatic carbocycles. The number of benzene rings is 1. The minimum atomic E-state index is -0.168. The summed E-state index contributed by atoms with van der Waals surface area (Å²) in [6.45, 7) is 0. The molecule has 0 saturated carbocycles. The standard InChI is InChI=1S/C13H16ClN3O/c1-17-6-5-12(16-17)11(15)8-9-7-10(14)3-4-13(9)18-2/h3-7,11H,8,15H2,1-2H3. The molecule has 1 aromatic carbocycles. The van der Waals surface area contributed by atoms with Gasteiger partial charge in [0.05, 0.1) is 18.8 Å². The van der Waals surface area contributed by atoms with Crippen molar-refractivity contribution in [3.8, 4) is 5.75 Å². The van der Waals surface area contributed by atoms with Crippen LogP contribution in [0.15, 0.2) is 30.5 Å². The molecule has 0 aliphatic heterocycles. The second kappa shape index (κ2) is 5.42. The van der Waals surface area contributed by atoms with Crippen molar-refractivity contribution in [2.24, 2.45) is 12.8 Å². The molecule has 5 heteroatoms. The highest BCUT2D eigenvalue weighted by molar-refractivity contribution is 6.30. The molecular formula is C13H16ClN3O. The van der Waals surface area contributed by atoms with Crippen LogP contribution in [0.3, 0.4) is 0 Å². The molecule has 0 bridgehead atoms. The average molecular weight is 266 g/mol. The SMILES string of the molecule is COc1ccc(Cl)cc1CC(N)c1ccn(C)n1. The van der Waals surface area contributed by atoms with Crippen LogP contribution in [0, 0.1) is 0 Å². The second-order valence-electron chi connectivity index (χ2n) is 4.18. The monoisotopic (exact) mass is 265 g/mol. The Hall–Kier alpha value is -1.52. The van der Waals surface area contributed by atoms with Crippen LogP contribution < -0.4 is 10.5 Å². The minimum Gasteiger partial charge on any atom is -0.496 e. The van der Waals surface area contributed by atoms with Crippen molar-refractivity contribution in [3.63, 3.8) is 0 Å².